The van der Waals surface area contributed by atoms with Crippen LogP contribution in [0.4, 0.5) is 5.69 Å². The molecule has 0 atom stereocenters. The van der Waals surface area contributed by atoms with Gasteiger partial charge >= 0.3 is 0 Å². The van der Waals surface area contributed by atoms with E-state index in [4.69, 9.17) is 9.73 Å². The van der Waals surface area contributed by atoms with E-state index < -0.39 is 0 Å². The van der Waals surface area contributed by atoms with Gasteiger partial charge in [0.1, 0.15) is 0 Å². The molecule has 0 fully saturated rings. The quantitative estimate of drug-likeness (QED) is 0.138. The van der Waals surface area contributed by atoms with Crippen LogP contribution in [0.15, 0.2) is 52.4 Å². The second-order valence-electron chi connectivity index (χ2n) is 6.48. The number of methoxy groups -OCH3 is 1. The van der Waals surface area contributed by atoms with E-state index in [-0.39, 0.29) is 24.0 Å². The van der Waals surface area contributed by atoms with Crippen molar-refractivity contribution in [2.75, 3.05) is 38.4 Å². The summed E-state index contributed by atoms with van der Waals surface area (Å²) in [5, 5.41) is 10.1. The predicted octanol–water partition coefficient (Wildman–Crippen LogP) is 4.65. The van der Waals surface area contributed by atoms with Crippen LogP contribution < -0.4 is 16.0 Å². The highest BCUT2D eigenvalue weighted by atomic mass is 127. The molecule has 7 heteroatoms. The largest absolute Gasteiger partial charge is 0.383 e. The molecule has 3 N–H and O–H groups in total. The average Bonchev–Trinajstić information content (AvgIpc) is 2.71. The predicted molar refractivity (Wildman–Crippen MR) is 137 cm³/mol. The molecular formula is C22H33IN4OS. The second kappa shape index (κ2) is 14.5. The third kappa shape index (κ3) is 9.27. The van der Waals surface area contributed by atoms with Crippen LogP contribution in [0.3, 0.4) is 0 Å². The van der Waals surface area contributed by atoms with E-state index in [1.165, 1.54) is 21.6 Å². The molecule has 0 heterocycles. The lowest BCUT2D eigenvalue weighted by molar-refractivity contribution is 0.211. The van der Waals surface area contributed by atoms with Crippen LogP contribution in [-0.4, -0.2) is 39.0 Å². The maximum Gasteiger partial charge on any atom is 0.191 e. The molecule has 0 radical (unpaired) electrons. The topological polar surface area (TPSA) is 57.7 Å². The highest BCUT2D eigenvalue weighted by Gasteiger charge is 2.04. The van der Waals surface area contributed by atoms with Gasteiger partial charge in [0.2, 0.25) is 0 Å². The normalized spacial score (nSPS) is 11.0. The zero-order chi connectivity index (χ0) is 20.2. The number of ether oxygens (including phenoxy) is 1. The van der Waals surface area contributed by atoms with Gasteiger partial charge in [0.05, 0.1) is 13.2 Å². The fraction of sp³-hybridized carbons (Fsp3) is 0.409. The molecule has 2 aromatic rings. The summed E-state index contributed by atoms with van der Waals surface area (Å²) in [4.78, 5) is 6.03. The first-order valence-corrected chi connectivity index (χ1v) is 10.9. The third-order valence-corrected chi connectivity index (χ3v) is 5.06. The maximum atomic E-state index is 5.05. The molecule has 0 aliphatic carbocycles. The van der Waals surface area contributed by atoms with Gasteiger partial charge in [-0.15, -0.1) is 35.7 Å². The number of thioether (sulfide) groups is 1. The van der Waals surface area contributed by atoms with E-state index in [2.05, 4.69) is 78.5 Å². The number of anilines is 1. The summed E-state index contributed by atoms with van der Waals surface area (Å²) in [6, 6.07) is 14.9. The van der Waals surface area contributed by atoms with Gasteiger partial charge in [-0.1, -0.05) is 24.3 Å². The number of guanidine groups is 1. The molecular weight excluding hydrogens is 495 g/mol. The van der Waals surface area contributed by atoms with Crippen LogP contribution in [0.25, 0.3) is 0 Å². The first-order chi connectivity index (χ1) is 13.7. The van der Waals surface area contributed by atoms with Gasteiger partial charge in [-0.25, -0.2) is 4.99 Å². The van der Waals surface area contributed by atoms with Crippen molar-refractivity contribution in [3.63, 3.8) is 0 Å². The third-order valence-electron chi connectivity index (χ3n) is 4.24. The van der Waals surface area contributed by atoms with E-state index >= 15 is 0 Å². The summed E-state index contributed by atoms with van der Waals surface area (Å²) in [6.45, 7) is 7.93. The van der Waals surface area contributed by atoms with Gasteiger partial charge in [0.15, 0.2) is 5.96 Å². The van der Waals surface area contributed by atoms with Crippen LogP contribution >= 0.6 is 35.7 Å². The zero-order valence-corrected chi connectivity index (χ0v) is 20.9. The molecule has 0 aromatic heterocycles. The first kappa shape index (κ1) is 25.6. The molecule has 0 amide bonds. The summed E-state index contributed by atoms with van der Waals surface area (Å²) >= 11 is 1.78. The minimum absolute atomic E-state index is 0. The van der Waals surface area contributed by atoms with E-state index in [1.54, 1.807) is 18.9 Å². The lowest BCUT2D eigenvalue weighted by atomic mass is 10.1. The van der Waals surface area contributed by atoms with Crippen LogP contribution in [0, 0.1) is 6.92 Å². The maximum absolute atomic E-state index is 5.05. The Morgan fingerprint density at radius 3 is 2.52 bits per heavy atom. The number of hydrogen-bond acceptors (Lipinski definition) is 4. The Hall–Kier alpha value is -1.45. The van der Waals surface area contributed by atoms with Crippen molar-refractivity contribution < 1.29 is 4.74 Å². The van der Waals surface area contributed by atoms with Crippen LogP contribution in [0.5, 0.6) is 0 Å². The molecule has 5 nitrogen and oxygen atoms in total. The number of nitrogens with zero attached hydrogens (tertiary/aromatic N) is 1. The lowest BCUT2D eigenvalue weighted by Crippen LogP contribution is -2.36. The molecule has 0 aliphatic heterocycles. The number of aliphatic imine (C=N–C) groups is 1. The van der Waals surface area contributed by atoms with Crippen molar-refractivity contribution >= 4 is 47.4 Å². The minimum atomic E-state index is 0. The minimum Gasteiger partial charge on any atom is -0.383 e. The Kier molecular flexibility index (Phi) is 12.8. The second-order valence-corrected chi connectivity index (χ2v) is 7.33. The Labute approximate surface area is 196 Å². The van der Waals surface area contributed by atoms with Gasteiger partial charge in [0, 0.05) is 37.3 Å². The summed E-state index contributed by atoms with van der Waals surface area (Å²) in [5.74, 6) is 0.831. The van der Waals surface area contributed by atoms with E-state index in [1.807, 2.05) is 0 Å². The molecule has 29 heavy (non-hydrogen) atoms. The fourth-order valence-corrected chi connectivity index (χ4v) is 3.42. The van der Waals surface area contributed by atoms with Gasteiger partial charge in [-0.05, 0) is 55.0 Å². The fourth-order valence-electron chi connectivity index (χ4n) is 2.71. The SMILES string of the molecule is CCNC(=NCc1ccc(NCCOC)cc1)NCc1ccc(C)cc1SC.I. The van der Waals surface area contributed by atoms with Crippen molar-refractivity contribution in [2.45, 2.75) is 31.8 Å². The number of hydrogen-bond donors (Lipinski definition) is 3. The number of rotatable bonds is 10. The number of benzene rings is 2. The van der Waals surface area contributed by atoms with Gasteiger partial charge in [-0.3, -0.25) is 0 Å². The first-order valence-electron chi connectivity index (χ1n) is 9.63. The van der Waals surface area contributed by atoms with E-state index in [9.17, 15) is 0 Å². The molecule has 2 rings (SSSR count). The van der Waals surface area contributed by atoms with Crippen LogP contribution in [0.1, 0.15) is 23.6 Å². The van der Waals surface area contributed by atoms with Gasteiger partial charge in [-0.2, -0.15) is 0 Å². The Morgan fingerprint density at radius 1 is 1.10 bits per heavy atom. The summed E-state index contributed by atoms with van der Waals surface area (Å²) in [7, 11) is 1.71. The van der Waals surface area contributed by atoms with Crippen molar-refractivity contribution in [1.82, 2.24) is 10.6 Å². The monoisotopic (exact) mass is 528 g/mol. The molecule has 160 valence electrons. The summed E-state index contributed by atoms with van der Waals surface area (Å²) in [5.41, 5.74) is 4.84. The number of nitrogens with one attached hydrogen (secondary N) is 3. The Balaban J connectivity index is 0.00000420. The lowest BCUT2D eigenvalue weighted by Gasteiger charge is -2.14. The van der Waals surface area contributed by atoms with Crippen LogP contribution in [0.2, 0.25) is 0 Å². The Bertz CT molecular complexity index is 753. The number of halogens is 1. The molecule has 0 unspecified atom stereocenters. The van der Waals surface area contributed by atoms with Gasteiger partial charge < -0.3 is 20.7 Å². The van der Waals surface area contributed by atoms with Crippen molar-refractivity contribution in [1.29, 1.82) is 0 Å². The van der Waals surface area contributed by atoms with Crippen molar-refractivity contribution in [2.24, 2.45) is 4.99 Å². The number of aryl methyl sites for hydroxylation is 1. The molecule has 2 aromatic carbocycles. The van der Waals surface area contributed by atoms with Crippen molar-refractivity contribution in [3.05, 3.63) is 59.2 Å². The average molecular weight is 529 g/mol. The molecule has 0 spiro atoms. The molecule has 0 saturated carbocycles. The van der Waals surface area contributed by atoms with E-state index in [0.29, 0.717) is 13.2 Å². The Morgan fingerprint density at radius 2 is 1.86 bits per heavy atom. The highest BCUT2D eigenvalue weighted by Crippen LogP contribution is 2.21. The summed E-state index contributed by atoms with van der Waals surface area (Å²) in [6.07, 6.45) is 2.12. The standard InChI is InChI=1S/C22H32N4OS.HI/c1-5-23-22(26-16-19-9-6-17(2)14-21(19)28-4)25-15-18-7-10-20(11-8-18)24-12-13-27-3;/h6-11,14,24H,5,12-13,15-16H2,1-4H3,(H2,23,25,26);1H. The molecule has 0 bridgehead atoms. The molecule has 0 saturated heterocycles. The van der Waals surface area contributed by atoms with Crippen LogP contribution in [-0.2, 0) is 17.8 Å². The van der Waals surface area contributed by atoms with Gasteiger partial charge in [0.25, 0.3) is 0 Å². The highest BCUT2D eigenvalue weighted by molar-refractivity contribution is 14.0. The zero-order valence-electron chi connectivity index (χ0n) is 17.7. The summed E-state index contributed by atoms with van der Waals surface area (Å²) < 4.78 is 5.05. The van der Waals surface area contributed by atoms with Crippen molar-refractivity contribution in [3.8, 4) is 0 Å². The molecule has 0 aliphatic rings. The van der Waals surface area contributed by atoms with E-state index in [0.717, 1.165) is 31.3 Å². The smallest absolute Gasteiger partial charge is 0.191 e.